The molecule has 2 heterocycles. The molecule has 8 nitrogen and oxygen atoms in total. The number of aromatic carboxylic acids is 1. The fourth-order valence-electron chi connectivity index (χ4n) is 3.39. The molecule has 2 amide bonds. The van der Waals surface area contributed by atoms with Gasteiger partial charge in [0.1, 0.15) is 6.10 Å². The number of nitrogens with one attached hydrogen (secondary N) is 2. The van der Waals surface area contributed by atoms with Gasteiger partial charge in [-0.1, -0.05) is 12.1 Å². The average Bonchev–Trinajstić information content (AvgIpc) is 3.17. The Kier molecular flexibility index (Phi) is 5.46. The van der Waals surface area contributed by atoms with Crippen LogP contribution in [0.2, 0.25) is 0 Å². The van der Waals surface area contributed by atoms with Crippen LogP contribution in [0.25, 0.3) is 0 Å². The minimum atomic E-state index is -0.972. The van der Waals surface area contributed by atoms with Crippen LogP contribution in [0.3, 0.4) is 0 Å². The Balaban J connectivity index is 1.59. The number of carbonyl (C=O) groups excluding carboxylic acids is 1. The van der Waals surface area contributed by atoms with Crippen molar-refractivity contribution in [2.45, 2.75) is 39.0 Å². The highest BCUT2D eigenvalue weighted by molar-refractivity contribution is 5.87. The predicted molar refractivity (Wildman–Crippen MR) is 98.6 cm³/mol. The van der Waals surface area contributed by atoms with E-state index >= 15 is 0 Å². The molecule has 0 spiro atoms. The number of carboxylic acid groups (broad SMARTS) is 1. The maximum Gasteiger partial charge on any atom is 0.335 e. The summed E-state index contributed by atoms with van der Waals surface area (Å²) in [5.74, 6) is -0.972. The van der Waals surface area contributed by atoms with Gasteiger partial charge in [0.05, 0.1) is 17.3 Å². The van der Waals surface area contributed by atoms with E-state index in [-0.39, 0.29) is 23.7 Å². The van der Waals surface area contributed by atoms with Crippen LogP contribution in [0.4, 0.5) is 4.79 Å². The normalized spacial score (nSPS) is 19.1. The van der Waals surface area contributed by atoms with E-state index in [1.54, 1.807) is 12.1 Å². The molecular formula is C19H24N4O4. The second kappa shape index (κ2) is 7.79. The molecule has 1 aliphatic heterocycles. The van der Waals surface area contributed by atoms with Crippen LogP contribution in [-0.2, 0) is 18.3 Å². The zero-order valence-electron chi connectivity index (χ0n) is 15.7. The van der Waals surface area contributed by atoms with Crippen LogP contribution in [-0.4, -0.2) is 39.5 Å². The highest BCUT2D eigenvalue weighted by Crippen LogP contribution is 2.33. The maximum absolute atomic E-state index is 12.3. The van der Waals surface area contributed by atoms with Crippen molar-refractivity contribution in [3.63, 3.8) is 0 Å². The van der Waals surface area contributed by atoms with Gasteiger partial charge in [-0.05, 0) is 38.0 Å². The summed E-state index contributed by atoms with van der Waals surface area (Å²) >= 11 is 0. The molecule has 3 rings (SSSR count). The van der Waals surface area contributed by atoms with E-state index < -0.39 is 5.97 Å². The van der Waals surface area contributed by atoms with Gasteiger partial charge in [0.2, 0.25) is 0 Å². The number of urea groups is 1. The van der Waals surface area contributed by atoms with Crippen molar-refractivity contribution in [2.24, 2.45) is 7.05 Å². The number of hydrogen-bond donors (Lipinski definition) is 3. The van der Waals surface area contributed by atoms with Gasteiger partial charge in [-0.15, -0.1) is 0 Å². The van der Waals surface area contributed by atoms with E-state index in [1.165, 1.54) is 12.1 Å². The zero-order chi connectivity index (χ0) is 19.6. The van der Waals surface area contributed by atoms with Crippen LogP contribution in [0.1, 0.15) is 45.4 Å². The molecule has 27 heavy (non-hydrogen) atoms. The van der Waals surface area contributed by atoms with E-state index in [9.17, 15) is 9.59 Å². The summed E-state index contributed by atoms with van der Waals surface area (Å²) in [6, 6.07) is 6.01. The van der Waals surface area contributed by atoms with Gasteiger partial charge in [0, 0.05) is 31.5 Å². The van der Waals surface area contributed by atoms with E-state index in [0.29, 0.717) is 13.2 Å². The predicted octanol–water partition coefficient (Wildman–Crippen LogP) is 2.06. The first-order chi connectivity index (χ1) is 12.9. The van der Waals surface area contributed by atoms with Crippen LogP contribution in [0, 0.1) is 13.8 Å². The first kappa shape index (κ1) is 18.9. The Hall–Kier alpha value is -2.87. The second-order valence-electron chi connectivity index (χ2n) is 6.72. The average molecular weight is 372 g/mol. The first-order valence-corrected chi connectivity index (χ1v) is 8.85. The van der Waals surface area contributed by atoms with Crippen LogP contribution >= 0.6 is 0 Å². The van der Waals surface area contributed by atoms with Gasteiger partial charge >= 0.3 is 12.0 Å². The smallest absolute Gasteiger partial charge is 0.335 e. The van der Waals surface area contributed by atoms with Gasteiger partial charge in [-0.3, -0.25) is 4.68 Å². The van der Waals surface area contributed by atoms with Crippen molar-refractivity contribution in [2.75, 3.05) is 6.61 Å². The van der Waals surface area contributed by atoms with E-state index in [1.807, 2.05) is 25.6 Å². The number of aromatic nitrogens is 2. The van der Waals surface area contributed by atoms with E-state index in [2.05, 4.69) is 15.7 Å². The van der Waals surface area contributed by atoms with Crippen molar-refractivity contribution in [1.29, 1.82) is 0 Å². The maximum atomic E-state index is 12.3. The Morgan fingerprint density at radius 1 is 1.30 bits per heavy atom. The highest BCUT2D eigenvalue weighted by Gasteiger charge is 2.34. The minimum Gasteiger partial charge on any atom is -0.478 e. The van der Waals surface area contributed by atoms with E-state index in [4.69, 9.17) is 9.84 Å². The molecule has 1 aromatic heterocycles. The van der Waals surface area contributed by atoms with Crippen molar-refractivity contribution in [3.8, 4) is 0 Å². The molecule has 144 valence electrons. The molecule has 3 N–H and O–H groups in total. The quantitative estimate of drug-likeness (QED) is 0.745. The van der Waals surface area contributed by atoms with E-state index in [0.717, 1.165) is 28.9 Å². The van der Waals surface area contributed by atoms with Gasteiger partial charge in [-0.2, -0.15) is 5.10 Å². The van der Waals surface area contributed by atoms with Gasteiger partial charge < -0.3 is 20.5 Å². The standard InChI is InChI=1S/C19H24N4O4/c1-11-16(12(2)23(3)22-11)17-15(8-9-27-17)21-19(26)20-10-13-4-6-14(7-5-13)18(24)25/h4-7,15,17H,8-10H2,1-3H3,(H,24,25)(H2,20,21,26)/t15-,17-/m0/s1. The van der Waals surface area contributed by atoms with Crippen molar-refractivity contribution >= 4 is 12.0 Å². The molecule has 2 atom stereocenters. The summed E-state index contributed by atoms with van der Waals surface area (Å²) in [5, 5.41) is 19.1. The second-order valence-corrected chi connectivity index (χ2v) is 6.72. The molecule has 1 saturated heterocycles. The zero-order valence-corrected chi connectivity index (χ0v) is 15.7. The fourth-order valence-corrected chi connectivity index (χ4v) is 3.39. The molecule has 0 aliphatic carbocycles. The molecule has 2 aromatic rings. The van der Waals surface area contributed by atoms with Gasteiger partial charge in [0.15, 0.2) is 0 Å². The molecular weight excluding hydrogens is 348 g/mol. The number of carbonyl (C=O) groups is 2. The lowest BCUT2D eigenvalue weighted by molar-refractivity contribution is 0.0697. The number of aryl methyl sites for hydroxylation is 2. The SMILES string of the molecule is Cc1nn(C)c(C)c1[C@H]1OCC[C@@H]1NC(=O)NCc1ccc(C(=O)O)cc1. The summed E-state index contributed by atoms with van der Waals surface area (Å²) in [6.45, 7) is 4.84. The number of benzene rings is 1. The molecule has 0 unspecified atom stereocenters. The number of ether oxygens (including phenoxy) is 1. The van der Waals surface area contributed by atoms with Crippen LogP contribution in [0.5, 0.6) is 0 Å². The van der Waals surface area contributed by atoms with Gasteiger partial charge in [0.25, 0.3) is 0 Å². The van der Waals surface area contributed by atoms with Crippen molar-refractivity contribution < 1.29 is 19.4 Å². The third-order valence-electron chi connectivity index (χ3n) is 4.91. The molecule has 1 aromatic carbocycles. The molecule has 8 heteroatoms. The molecule has 0 bridgehead atoms. The number of carboxylic acids is 1. The van der Waals surface area contributed by atoms with Crippen molar-refractivity contribution in [1.82, 2.24) is 20.4 Å². The Labute approximate surface area is 157 Å². The Morgan fingerprint density at radius 3 is 2.59 bits per heavy atom. The molecule has 1 fully saturated rings. The number of nitrogens with zero attached hydrogens (tertiary/aromatic N) is 2. The summed E-state index contributed by atoms with van der Waals surface area (Å²) in [7, 11) is 1.89. The lowest BCUT2D eigenvalue weighted by Gasteiger charge is -2.21. The lowest BCUT2D eigenvalue weighted by atomic mass is 10.0. The monoisotopic (exact) mass is 372 g/mol. The van der Waals surface area contributed by atoms with Gasteiger partial charge in [-0.25, -0.2) is 9.59 Å². The van der Waals surface area contributed by atoms with Crippen LogP contribution < -0.4 is 10.6 Å². The lowest BCUT2D eigenvalue weighted by Crippen LogP contribution is -2.43. The third kappa shape index (κ3) is 4.11. The number of hydrogen-bond acceptors (Lipinski definition) is 4. The highest BCUT2D eigenvalue weighted by atomic mass is 16.5. The summed E-state index contributed by atoms with van der Waals surface area (Å²) < 4.78 is 7.70. The number of amides is 2. The molecule has 0 radical (unpaired) electrons. The Morgan fingerprint density at radius 2 is 2.00 bits per heavy atom. The Bertz CT molecular complexity index is 844. The third-order valence-corrected chi connectivity index (χ3v) is 4.91. The topological polar surface area (TPSA) is 105 Å². The van der Waals surface area contributed by atoms with Crippen molar-refractivity contribution in [3.05, 3.63) is 52.3 Å². The molecule has 0 saturated carbocycles. The summed E-state index contributed by atoms with van der Waals surface area (Å²) in [5.41, 5.74) is 4.02. The van der Waals surface area contributed by atoms with Crippen LogP contribution in [0.15, 0.2) is 24.3 Å². The molecule has 1 aliphatic rings. The largest absolute Gasteiger partial charge is 0.478 e. The summed E-state index contributed by atoms with van der Waals surface area (Å²) in [6.07, 6.45) is 0.526. The summed E-state index contributed by atoms with van der Waals surface area (Å²) in [4.78, 5) is 23.2. The fraction of sp³-hybridized carbons (Fsp3) is 0.421. The number of rotatable bonds is 5. The minimum absolute atomic E-state index is 0.124. The first-order valence-electron chi connectivity index (χ1n) is 8.85.